The Balaban J connectivity index is 1.83. The van der Waals surface area contributed by atoms with Gasteiger partial charge in [-0.1, -0.05) is 12.1 Å². The molecule has 98 valence electrons. The summed E-state index contributed by atoms with van der Waals surface area (Å²) in [5.41, 5.74) is 0.968. The number of carbonyl (C=O) groups excluding carboxylic acids is 1. The summed E-state index contributed by atoms with van der Waals surface area (Å²) in [4.78, 5) is 15.4. The number of hydrogen-bond acceptors (Lipinski definition) is 4. The molecule has 0 unspecified atom stereocenters. The molecule has 0 saturated heterocycles. The molecular weight excluding hydrogens is 262 g/mol. The summed E-state index contributed by atoms with van der Waals surface area (Å²) in [5.74, 6) is 0.798. The third-order valence-corrected chi connectivity index (χ3v) is 2.95. The van der Waals surface area contributed by atoms with E-state index < -0.39 is 0 Å². The van der Waals surface area contributed by atoms with Gasteiger partial charge in [-0.3, -0.25) is 5.32 Å². The Hall–Kier alpha value is -2.34. The zero-order valence-corrected chi connectivity index (χ0v) is 11.1. The quantitative estimate of drug-likeness (QED) is 0.901. The predicted molar refractivity (Wildman–Crippen MR) is 76.3 cm³/mol. The van der Waals surface area contributed by atoms with E-state index in [4.69, 9.17) is 4.74 Å². The number of nitrogens with one attached hydrogen (secondary N) is 2. The fourth-order valence-corrected chi connectivity index (χ4v) is 1.87. The molecule has 0 fully saturated rings. The second-order valence-electron chi connectivity index (χ2n) is 3.54. The minimum Gasteiger partial charge on any atom is -0.497 e. The maximum absolute atomic E-state index is 11.5. The number of urea groups is 1. The van der Waals surface area contributed by atoms with Crippen LogP contribution < -0.4 is 15.4 Å². The van der Waals surface area contributed by atoms with Crippen LogP contribution in [0.3, 0.4) is 0 Å². The zero-order valence-electron chi connectivity index (χ0n) is 10.3. The molecular formula is C13H13N3O2S. The number of nitrogens with zero attached hydrogens (tertiary/aromatic N) is 1. The van der Waals surface area contributed by atoms with Gasteiger partial charge in [0.05, 0.1) is 7.11 Å². The number of rotatable bonds is 4. The van der Waals surface area contributed by atoms with Crippen LogP contribution in [0, 0.1) is 0 Å². The lowest BCUT2D eigenvalue weighted by atomic mass is 10.2. The van der Waals surface area contributed by atoms with Gasteiger partial charge in [0, 0.05) is 17.8 Å². The Bertz CT molecular complexity index is 550. The molecule has 0 aliphatic heterocycles. The van der Waals surface area contributed by atoms with Crippen LogP contribution in [0.1, 0.15) is 5.56 Å². The summed E-state index contributed by atoms with van der Waals surface area (Å²) < 4.78 is 5.06. The summed E-state index contributed by atoms with van der Waals surface area (Å²) in [7, 11) is 1.62. The largest absolute Gasteiger partial charge is 0.497 e. The van der Waals surface area contributed by atoms with Gasteiger partial charge in [0.25, 0.3) is 0 Å². The van der Waals surface area contributed by atoms with Crippen molar-refractivity contribution >= 4 is 28.6 Å². The minimum atomic E-state index is -0.320. The first-order valence-corrected chi connectivity index (χ1v) is 6.43. The van der Waals surface area contributed by atoms with Gasteiger partial charge in [0.15, 0.2) is 5.13 Å². The van der Waals surface area contributed by atoms with E-state index in [1.165, 1.54) is 11.3 Å². The molecule has 0 aliphatic carbocycles. The SMILES string of the molecule is COc1ccc(/C=C/NC(=O)Nc2nccs2)cc1. The average Bonchev–Trinajstić information content (AvgIpc) is 2.92. The van der Waals surface area contributed by atoms with Gasteiger partial charge < -0.3 is 10.1 Å². The van der Waals surface area contributed by atoms with E-state index in [-0.39, 0.29) is 6.03 Å². The number of amides is 2. The summed E-state index contributed by atoms with van der Waals surface area (Å²) in [6, 6.07) is 7.19. The van der Waals surface area contributed by atoms with Crippen molar-refractivity contribution in [1.82, 2.24) is 10.3 Å². The van der Waals surface area contributed by atoms with E-state index >= 15 is 0 Å². The molecule has 0 radical (unpaired) electrons. The number of thiazole rings is 1. The minimum absolute atomic E-state index is 0.320. The van der Waals surface area contributed by atoms with E-state index in [1.54, 1.807) is 31.0 Å². The number of hydrogen-bond donors (Lipinski definition) is 2. The fraction of sp³-hybridized carbons (Fsp3) is 0.0769. The number of ether oxygens (including phenoxy) is 1. The first-order chi connectivity index (χ1) is 9.28. The van der Waals surface area contributed by atoms with Gasteiger partial charge in [0.2, 0.25) is 0 Å². The molecule has 0 bridgehead atoms. The summed E-state index contributed by atoms with van der Waals surface area (Å²) in [6.07, 6.45) is 5.00. The predicted octanol–water partition coefficient (Wildman–Crippen LogP) is 2.94. The monoisotopic (exact) mass is 275 g/mol. The second-order valence-corrected chi connectivity index (χ2v) is 4.44. The van der Waals surface area contributed by atoms with Crippen molar-refractivity contribution in [2.75, 3.05) is 12.4 Å². The molecule has 2 aromatic rings. The van der Waals surface area contributed by atoms with Crippen molar-refractivity contribution in [1.29, 1.82) is 0 Å². The van der Waals surface area contributed by atoms with Crippen molar-refractivity contribution in [3.8, 4) is 5.75 Å². The van der Waals surface area contributed by atoms with Crippen LogP contribution in [0.15, 0.2) is 42.0 Å². The number of benzene rings is 1. The number of carbonyl (C=O) groups is 1. The standard InChI is InChI=1S/C13H13N3O2S/c1-18-11-4-2-10(3-5-11)6-7-14-12(17)16-13-15-8-9-19-13/h2-9H,1H3,(H2,14,15,16,17)/b7-6+. The van der Waals surface area contributed by atoms with E-state index in [2.05, 4.69) is 15.6 Å². The van der Waals surface area contributed by atoms with Crippen LogP contribution in [0.5, 0.6) is 5.75 Å². The third-order valence-electron chi connectivity index (χ3n) is 2.26. The first-order valence-electron chi connectivity index (χ1n) is 5.55. The molecule has 0 atom stereocenters. The fourth-order valence-electron chi connectivity index (χ4n) is 1.35. The second kappa shape index (κ2) is 6.55. The van der Waals surface area contributed by atoms with Gasteiger partial charge in [-0.25, -0.2) is 9.78 Å². The highest BCUT2D eigenvalue weighted by molar-refractivity contribution is 7.13. The lowest BCUT2D eigenvalue weighted by molar-refractivity contribution is 0.255. The molecule has 1 heterocycles. The van der Waals surface area contributed by atoms with Crippen LogP contribution in [-0.4, -0.2) is 18.1 Å². The van der Waals surface area contributed by atoms with Crippen molar-refractivity contribution in [3.05, 3.63) is 47.6 Å². The van der Waals surface area contributed by atoms with Crippen molar-refractivity contribution in [2.45, 2.75) is 0 Å². The summed E-state index contributed by atoms with van der Waals surface area (Å²) >= 11 is 1.36. The molecule has 2 amide bonds. The van der Waals surface area contributed by atoms with Gasteiger partial charge in [-0.2, -0.15) is 0 Å². The third kappa shape index (κ3) is 4.11. The molecule has 1 aromatic heterocycles. The van der Waals surface area contributed by atoms with E-state index in [0.29, 0.717) is 5.13 Å². The Morgan fingerprint density at radius 1 is 1.37 bits per heavy atom. The lowest BCUT2D eigenvalue weighted by Gasteiger charge is -2.01. The Labute approximate surface area is 114 Å². The van der Waals surface area contributed by atoms with Gasteiger partial charge in [-0.15, -0.1) is 11.3 Å². The maximum atomic E-state index is 11.5. The van der Waals surface area contributed by atoms with E-state index in [1.807, 2.05) is 24.3 Å². The Kier molecular flexibility index (Phi) is 4.52. The Morgan fingerprint density at radius 2 is 2.16 bits per heavy atom. The summed E-state index contributed by atoms with van der Waals surface area (Å²) in [6.45, 7) is 0. The highest BCUT2D eigenvalue weighted by Gasteiger charge is 1.99. The van der Waals surface area contributed by atoms with Crippen LogP contribution in [0.25, 0.3) is 6.08 Å². The van der Waals surface area contributed by atoms with Crippen molar-refractivity contribution in [2.24, 2.45) is 0 Å². The molecule has 0 spiro atoms. The number of anilines is 1. The molecule has 0 saturated carbocycles. The van der Waals surface area contributed by atoms with Gasteiger partial charge >= 0.3 is 6.03 Å². The normalized spacial score (nSPS) is 10.4. The molecule has 1 aromatic carbocycles. The van der Waals surface area contributed by atoms with E-state index in [9.17, 15) is 4.79 Å². The van der Waals surface area contributed by atoms with Gasteiger partial charge in [-0.05, 0) is 23.8 Å². The topological polar surface area (TPSA) is 63.2 Å². The maximum Gasteiger partial charge on any atom is 0.325 e. The van der Waals surface area contributed by atoms with Crippen molar-refractivity contribution in [3.63, 3.8) is 0 Å². The van der Waals surface area contributed by atoms with Crippen LogP contribution in [0.4, 0.5) is 9.93 Å². The average molecular weight is 275 g/mol. The van der Waals surface area contributed by atoms with Crippen molar-refractivity contribution < 1.29 is 9.53 Å². The smallest absolute Gasteiger partial charge is 0.325 e. The number of aromatic nitrogens is 1. The van der Waals surface area contributed by atoms with Crippen LogP contribution in [-0.2, 0) is 0 Å². The zero-order chi connectivity index (χ0) is 13.5. The lowest BCUT2D eigenvalue weighted by Crippen LogP contribution is -2.23. The molecule has 0 aliphatic rings. The molecule has 6 heteroatoms. The molecule has 2 N–H and O–H groups in total. The molecule has 19 heavy (non-hydrogen) atoms. The molecule has 5 nitrogen and oxygen atoms in total. The Morgan fingerprint density at radius 3 is 2.79 bits per heavy atom. The highest BCUT2D eigenvalue weighted by atomic mass is 32.1. The van der Waals surface area contributed by atoms with Crippen LogP contribution in [0.2, 0.25) is 0 Å². The summed E-state index contributed by atoms with van der Waals surface area (Å²) in [5, 5.41) is 7.57. The number of methoxy groups -OCH3 is 1. The first kappa shape index (κ1) is 13.1. The molecule has 2 rings (SSSR count). The van der Waals surface area contributed by atoms with Crippen LogP contribution >= 0.6 is 11.3 Å². The van der Waals surface area contributed by atoms with Gasteiger partial charge in [0.1, 0.15) is 5.75 Å². The highest BCUT2D eigenvalue weighted by Crippen LogP contribution is 2.12. The van der Waals surface area contributed by atoms with E-state index in [0.717, 1.165) is 11.3 Å².